The highest BCUT2D eigenvalue weighted by Crippen LogP contribution is 2.30. The maximum atomic E-state index is 9.52. The van der Waals surface area contributed by atoms with Crippen molar-refractivity contribution >= 4 is 0 Å². The van der Waals surface area contributed by atoms with Gasteiger partial charge in [-0.05, 0) is 25.0 Å². The zero-order chi connectivity index (χ0) is 9.42. The molecule has 0 amide bonds. The molecule has 0 aliphatic carbocycles. The van der Waals surface area contributed by atoms with Crippen molar-refractivity contribution in [2.75, 3.05) is 0 Å². The average molecular weight is 179 g/mol. The third-order valence-corrected chi connectivity index (χ3v) is 2.46. The standard InChI is InChI=1S/C10H13NO2/c1-6-2-7-3-8(12)4-10(13)9(7)5-11-6/h3-4,6,11-13H,2,5H2,1H3/t6-/m1/s1. The summed E-state index contributed by atoms with van der Waals surface area (Å²) in [5.41, 5.74) is 1.96. The van der Waals surface area contributed by atoms with Crippen LogP contribution in [0.3, 0.4) is 0 Å². The molecule has 0 aromatic heterocycles. The van der Waals surface area contributed by atoms with Gasteiger partial charge in [0.05, 0.1) is 0 Å². The Labute approximate surface area is 77.0 Å². The second kappa shape index (κ2) is 2.92. The summed E-state index contributed by atoms with van der Waals surface area (Å²) in [7, 11) is 0. The van der Waals surface area contributed by atoms with E-state index in [0.717, 1.165) is 17.5 Å². The molecule has 1 aromatic carbocycles. The monoisotopic (exact) mass is 179 g/mol. The summed E-state index contributed by atoms with van der Waals surface area (Å²) in [5.74, 6) is 0.333. The molecule has 1 aliphatic heterocycles. The summed E-state index contributed by atoms with van der Waals surface area (Å²) < 4.78 is 0. The van der Waals surface area contributed by atoms with Crippen LogP contribution in [0.2, 0.25) is 0 Å². The Bertz CT molecular complexity index is 336. The lowest BCUT2D eigenvalue weighted by Gasteiger charge is -2.23. The van der Waals surface area contributed by atoms with Crippen LogP contribution in [0.25, 0.3) is 0 Å². The third kappa shape index (κ3) is 1.47. The molecule has 70 valence electrons. The summed E-state index contributed by atoms with van der Waals surface area (Å²) in [6, 6.07) is 3.52. The van der Waals surface area contributed by atoms with Crippen molar-refractivity contribution in [2.24, 2.45) is 0 Å². The number of nitrogens with one attached hydrogen (secondary N) is 1. The molecule has 0 bridgehead atoms. The molecule has 1 aromatic rings. The van der Waals surface area contributed by atoms with Gasteiger partial charge < -0.3 is 15.5 Å². The minimum absolute atomic E-state index is 0.144. The van der Waals surface area contributed by atoms with E-state index in [9.17, 15) is 10.2 Å². The second-order valence-electron chi connectivity index (χ2n) is 3.59. The molecule has 2 rings (SSSR count). The Morgan fingerprint density at radius 1 is 1.38 bits per heavy atom. The molecule has 0 spiro atoms. The van der Waals surface area contributed by atoms with E-state index in [0.29, 0.717) is 12.6 Å². The van der Waals surface area contributed by atoms with Gasteiger partial charge >= 0.3 is 0 Å². The van der Waals surface area contributed by atoms with Gasteiger partial charge in [-0.1, -0.05) is 0 Å². The van der Waals surface area contributed by atoms with Crippen LogP contribution in [-0.2, 0) is 13.0 Å². The SMILES string of the molecule is C[C@@H]1Cc2cc(O)cc(O)c2CN1. The van der Waals surface area contributed by atoms with E-state index >= 15 is 0 Å². The Morgan fingerprint density at radius 2 is 2.15 bits per heavy atom. The Kier molecular flexibility index (Phi) is 1.88. The first-order valence-corrected chi connectivity index (χ1v) is 4.44. The summed E-state index contributed by atoms with van der Waals surface area (Å²) in [6.07, 6.45) is 0.858. The van der Waals surface area contributed by atoms with E-state index in [-0.39, 0.29) is 11.5 Å². The van der Waals surface area contributed by atoms with E-state index in [4.69, 9.17) is 0 Å². The predicted octanol–water partition coefficient (Wildman–Crippen LogP) is 1.13. The van der Waals surface area contributed by atoms with Gasteiger partial charge in [-0.3, -0.25) is 0 Å². The largest absolute Gasteiger partial charge is 0.508 e. The predicted molar refractivity (Wildman–Crippen MR) is 49.8 cm³/mol. The molecule has 3 N–H and O–H groups in total. The quantitative estimate of drug-likeness (QED) is 0.559. The molecule has 13 heavy (non-hydrogen) atoms. The number of fused-ring (bicyclic) bond motifs is 1. The molecule has 3 nitrogen and oxygen atoms in total. The van der Waals surface area contributed by atoms with E-state index < -0.39 is 0 Å². The van der Waals surface area contributed by atoms with E-state index in [1.165, 1.54) is 6.07 Å². The van der Waals surface area contributed by atoms with E-state index in [2.05, 4.69) is 12.2 Å². The molecular formula is C10H13NO2. The zero-order valence-corrected chi connectivity index (χ0v) is 7.54. The lowest BCUT2D eigenvalue weighted by Crippen LogP contribution is -2.32. The van der Waals surface area contributed by atoms with Crippen LogP contribution >= 0.6 is 0 Å². The lowest BCUT2D eigenvalue weighted by molar-refractivity contribution is 0.428. The topological polar surface area (TPSA) is 52.5 Å². The van der Waals surface area contributed by atoms with Crippen molar-refractivity contribution in [3.63, 3.8) is 0 Å². The molecule has 0 saturated heterocycles. The van der Waals surface area contributed by atoms with Crippen LogP contribution in [0.1, 0.15) is 18.1 Å². The molecule has 0 radical (unpaired) electrons. The van der Waals surface area contributed by atoms with Gasteiger partial charge in [0, 0.05) is 24.2 Å². The number of aromatic hydroxyl groups is 2. The first-order valence-electron chi connectivity index (χ1n) is 4.44. The van der Waals surface area contributed by atoms with Crippen LogP contribution in [0.15, 0.2) is 12.1 Å². The number of rotatable bonds is 0. The fraction of sp³-hybridized carbons (Fsp3) is 0.400. The summed E-state index contributed by atoms with van der Waals surface area (Å²) in [5, 5.41) is 22.1. The number of hydrogen-bond acceptors (Lipinski definition) is 3. The highest BCUT2D eigenvalue weighted by Gasteiger charge is 2.17. The molecule has 1 atom stereocenters. The van der Waals surface area contributed by atoms with Crippen LogP contribution in [0.4, 0.5) is 0 Å². The molecule has 0 unspecified atom stereocenters. The van der Waals surface area contributed by atoms with Gasteiger partial charge in [-0.2, -0.15) is 0 Å². The van der Waals surface area contributed by atoms with Gasteiger partial charge in [-0.15, -0.1) is 0 Å². The zero-order valence-electron chi connectivity index (χ0n) is 7.54. The van der Waals surface area contributed by atoms with Crippen molar-refractivity contribution in [3.8, 4) is 11.5 Å². The minimum Gasteiger partial charge on any atom is -0.508 e. The number of phenols is 2. The van der Waals surface area contributed by atoms with Crippen LogP contribution in [0.5, 0.6) is 11.5 Å². The normalized spacial score (nSPS) is 21.2. The maximum Gasteiger partial charge on any atom is 0.124 e. The fourth-order valence-electron chi connectivity index (χ4n) is 1.76. The van der Waals surface area contributed by atoms with Crippen molar-refractivity contribution < 1.29 is 10.2 Å². The first kappa shape index (κ1) is 8.38. The maximum absolute atomic E-state index is 9.52. The van der Waals surface area contributed by atoms with E-state index in [1.807, 2.05) is 0 Å². The Balaban J connectivity index is 2.47. The van der Waals surface area contributed by atoms with Gasteiger partial charge in [0.15, 0.2) is 0 Å². The lowest BCUT2D eigenvalue weighted by atomic mass is 9.95. The summed E-state index contributed by atoms with van der Waals surface area (Å²) in [6.45, 7) is 2.77. The summed E-state index contributed by atoms with van der Waals surface area (Å²) >= 11 is 0. The molecular weight excluding hydrogens is 166 g/mol. The first-order chi connectivity index (χ1) is 6.16. The van der Waals surface area contributed by atoms with Gasteiger partial charge in [0.1, 0.15) is 11.5 Å². The average Bonchev–Trinajstić information content (AvgIpc) is 2.02. The van der Waals surface area contributed by atoms with Crippen molar-refractivity contribution in [1.29, 1.82) is 0 Å². The molecule has 0 saturated carbocycles. The fourth-order valence-corrected chi connectivity index (χ4v) is 1.76. The van der Waals surface area contributed by atoms with Crippen LogP contribution in [0, 0.1) is 0 Å². The van der Waals surface area contributed by atoms with Crippen molar-refractivity contribution in [2.45, 2.75) is 25.9 Å². The highest BCUT2D eigenvalue weighted by atomic mass is 16.3. The van der Waals surface area contributed by atoms with Crippen molar-refractivity contribution in [3.05, 3.63) is 23.3 Å². The second-order valence-corrected chi connectivity index (χ2v) is 3.59. The molecule has 1 aliphatic rings. The van der Waals surface area contributed by atoms with Crippen LogP contribution in [-0.4, -0.2) is 16.3 Å². The number of hydrogen-bond donors (Lipinski definition) is 3. The van der Waals surface area contributed by atoms with Crippen LogP contribution < -0.4 is 5.32 Å². The van der Waals surface area contributed by atoms with E-state index in [1.54, 1.807) is 6.07 Å². The van der Waals surface area contributed by atoms with Gasteiger partial charge in [0.2, 0.25) is 0 Å². The van der Waals surface area contributed by atoms with Crippen molar-refractivity contribution in [1.82, 2.24) is 5.32 Å². The minimum atomic E-state index is 0.144. The third-order valence-electron chi connectivity index (χ3n) is 2.46. The molecule has 3 heteroatoms. The Morgan fingerprint density at radius 3 is 2.92 bits per heavy atom. The summed E-state index contributed by atoms with van der Waals surface area (Å²) in [4.78, 5) is 0. The van der Waals surface area contributed by atoms with Gasteiger partial charge in [0.25, 0.3) is 0 Å². The molecule has 0 fully saturated rings. The molecule has 1 heterocycles. The Hall–Kier alpha value is -1.22. The van der Waals surface area contributed by atoms with Gasteiger partial charge in [-0.25, -0.2) is 0 Å². The number of phenolic OH excluding ortho intramolecular Hbond substituents is 2. The highest BCUT2D eigenvalue weighted by molar-refractivity contribution is 5.46. The smallest absolute Gasteiger partial charge is 0.124 e. The number of benzene rings is 1.